The second kappa shape index (κ2) is 4.63. The molecule has 3 heteroatoms. The number of ether oxygens (including phenoxy) is 1. The predicted molar refractivity (Wildman–Crippen MR) is 70.0 cm³/mol. The highest BCUT2D eigenvalue weighted by molar-refractivity contribution is 5.74. The molecule has 0 aliphatic carbocycles. The van der Waals surface area contributed by atoms with Gasteiger partial charge in [-0.2, -0.15) is 0 Å². The maximum atomic E-state index is 11.2. The van der Waals surface area contributed by atoms with Gasteiger partial charge in [-0.15, -0.1) is 0 Å². The highest BCUT2D eigenvalue weighted by Crippen LogP contribution is 2.35. The van der Waals surface area contributed by atoms with E-state index < -0.39 is 11.4 Å². The highest BCUT2D eigenvalue weighted by atomic mass is 16.5. The molecule has 1 unspecified atom stereocenters. The van der Waals surface area contributed by atoms with Crippen molar-refractivity contribution in [1.82, 2.24) is 0 Å². The molecule has 1 N–H and O–H groups in total. The fourth-order valence-corrected chi connectivity index (χ4v) is 2.30. The monoisotopic (exact) mass is 248 g/mol. The summed E-state index contributed by atoms with van der Waals surface area (Å²) in [6, 6.07) is 6.03. The van der Waals surface area contributed by atoms with Crippen molar-refractivity contribution in [3.8, 4) is 5.75 Å². The first-order chi connectivity index (χ1) is 8.40. The van der Waals surface area contributed by atoms with Crippen LogP contribution in [-0.2, 0) is 17.6 Å². The van der Waals surface area contributed by atoms with Gasteiger partial charge in [-0.3, -0.25) is 4.79 Å². The number of hydrogen-bond acceptors (Lipinski definition) is 2. The molecule has 0 saturated carbocycles. The van der Waals surface area contributed by atoms with Crippen LogP contribution in [0.15, 0.2) is 18.2 Å². The Morgan fingerprint density at radius 3 is 2.89 bits per heavy atom. The van der Waals surface area contributed by atoms with Gasteiger partial charge in [-0.05, 0) is 51.2 Å². The van der Waals surface area contributed by atoms with Gasteiger partial charge in [0.25, 0.3) is 0 Å². The van der Waals surface area contributed by atoms with Crippen LogP contribution in [0.1, 0.15) is 38.3 Å². The first kappa shape index (κ1) is 12.9. The van der Waals surface area contributed by atoms with Crippen LogP contribution in [0.5, 0.6) is 5.75 Å². The van der Waals surface area contributed by atoms with E-state index in [9.17, 15) is 9.90 Å². The Labute approximate surface area is 108 Å². The average Bonchev–Trinajstić information content (AvgIpc) is 2.29. The van der Waals surface area contributed by atoms with Crippen LogP contribution in [0, 0.1) is 5.41 Å². The lowest BCUT2D eigenvalue weighted by atomic mass is 9.84. The zero-order chi connectivity index (χ0) is 13.3. The number of fused-ring (bicyclic) bond motifs is 1. The summed E-state index contributed by atoms with van der Waals surface area (Å²) < 4.78 is 5.90. The van der Waals surface area contributed by atoms with Crippen molar-refractivity contribution >= 4 is 5.97 Å². The van der Waals surface area contributed by atoms with Gasteiger partial charge in [0.1, 0.15) is 5.75 Å². The van der Waals surface area contributed by atoms with Gasteiger partial charge < -0.3 is 9.84 Å². The maximum Gasteiger partial charge on any atom is 0.309 e. The van der Waals surface area contributed by atoms with Crippen LogP contribution in [0.2, 0.25) is 0 Å². The molecule has 1 atom stereocenters. The van der Waals surface area contributed by atoms with E-state index in [2.05, 4.69) is 13.0 Å². The summed E-state index contributed by atoms with van der Waals surface area (Å²) in [4.78, 5) is 11.2. The normalized spacial score (nSPS) is 18.9. The third-order valence-corrected chi connectivity index (χ3v) is 3.53. The van der Waals surface area contributed by atoms with E-state index in [-0.39, 0.29) is 6.10 Å². The summed E-state index contributed by atoms with van der Waals surface area (Å²) in [5.41, 5.74) is 1.44. The minimum absolute atomic E-state index is 0.214. The molecule has 0 saturated heterocycles. The zero-order valence-corrected chi connectivity index (χ0v) is 11.2. The second-order valence-corrected chi connectivity index (χ2v) is 5.74. The Kier molecular flexibility index (Phi) is 3.33. The average molecular weight is 248 g/mol. The number of carbonyl (C=O) groups is 1. The van der Waals surface area contributed by atoms with E-state index in [0.717, 1.165) is 24.2 Å². The molecule has 3 nitrogen and oxygen atoms in total. The Morgan fingerprint density at radius 1 is 1.50 bits per heavy atom. The summed E-state index contributed by atoms with van der Waals surface area (Å²) in [6.45, 7) is 5.56. The number of benzene rings is 1. The Bertz CT molecular complexity index is 463. The van der Waals surface area contributed by atoms with E-state index >= 15 is 0 Å². The van der Waals surface area contributed by atoms with Gasteiger partial charge in [0.2, 0.25) is 0 Å². The van der Waals surface area contributed by atoms with Crippen LogP contribution in [0.4, 0.5) is 0 Å². The number of aliphatic carboxylic acids is 1. The first-order valence-corrected chi connectivity index (χ1v) is 6.41. The predicted octanol–water partition coefficient (Wildman–Crippen LogP) is 3.05. The number of aryl methyl sites for hydroxylation is 1. The minimum Gasteiger partial charge on any atom is -0.490 e. The zero-order valence-electron chi connectivity index (χ0n) is 11.2. The molecule has 1 aliphatic rings. The van der Waals surface area contributed by atoms with Gasteiger partial charge in [0.05, 0.1) is 11.5 Å². The van der Waals surface area contributed by atoms with Crippen LogP contribution in [0.3, 0.4) is 0 Å². The standard InChI is InChI=1S/C15H20O3/c1-10-7-8-11-5-4-6-12(13(11)18-10)9-15(2,3)14(16)17/h4-6,10H,7-9H2,1-3H3,(H,16,17). The van der Waals surface area contributed by atoms with Gasteiger partial charge >= 0.3 is 5.97 Å². The first-order valence-electron chi connectivity index (χ1n) is 6.41. The molecule has 98 valence electrons. The molecule has 1 aliphatic heterocycles. The van der Waals surface area contributed by atoms with Crippen molar-refractivity contribution in [3.05, 3.63) is 29.3 Å². The van der Waals surface area contributed by atoms with Crippen LogP contribution in [0.25, 0.3) is 0 Å². The minimum atomic E-state index is -0.774. The summed E-state index contributed by atoms with van der Waals surface area (Å²) >= 11 is 0. The van der Waals surface area contributed by atoms with E-state index in [0.29, 0.717) is 6.42 Å². The van der Waals surface area contributed by atoms with Crippen molar-refractivity contribution in [1.29, 1.82) is 0 Å². The second-order valence-electron chi connectivity index (χ2n) is 5.74. The van der Waals surface area contributed by atoms with Crippen molar-refractivity contribution < 1.29 is 14.6 Å². The summed E-state index contributed by atoms with van der Waals surface area (Å²) in [5, 5.41) is 9.22. The molecule has 0 radical (unpaired) electrons. The lowest BCUT2D eigenvalue weighted by Gasteiger charge is -2.28. The molecule has 18 heavy (non-hydrogen) atoms. The highest BCUT2D eigenvalue weighted by Gasteiger charge is 2.30. The molecule has 0 aromatic heterocycles. The van der Waals surface area contributed by atoms with Crippen molar-refractivity contribution in [2.45, 2.75) is 46.1 Å². The third-order valence-electron chi connectivity index (χ3n) is 3.53. The largest absolute Gasteiger partial charge is 0.490 e. The fourth-order valence-electron chi connectivity index (χ4n) is 2.30. The number of carboxylic acids is 1. The van der Waals surface area contributed by atoms with E-state index in [1.807, 2.05) is 12.1 Å². The Morgan fingerprint density at radius 2 is 2.22 bits per heavy atom. The quantitative estimate of drug-likeness (QED) is 0.894. The SMILES string of the molecule is CC1CCc2cccc(CC(C)(C)C(=O)O)c2O1. The lowest BCUT2D eigenvalue weighted by Crippen LogP contribution is -2.27. The van der Waals surface area contributed by atoms with Gasteiger partial charge in [0.15, 0.2) is 0 Å². The van der Waals surface area contributed by atoms with Crippen LogP contribution in [-0.4, -0.2) is 17.2 Å². The van der Waals surface area contributed by atoms with Crippen molar-refractivity contribution in [2.24, 2.45) is 5.41 Å². The van der Waals surface area contributed by atoms with Crippen molar-refractivity contribution in [3.63, 3.8) is 0 Å². The van der Waals surface area contributed by atoms with E-state index in [1.165, 1.54) is 5.56 Å². The molecule has 0 bridgehead atoms. The number of hydrogen-bond donors (Lipinski definition) is 1. The molecule has 0 fully saturated rings. The van der Waals surface area contributed by atoms with Gasteiger partial charge in [-0.1, -0.05) is 18.2 Å². The number of carboxylic acid groups (broad SMARTS) is 1. The molecular formula is C15H20O3. The molecule has 1 heterocycles. The maximum absolute atomic E-state index is 11.2. The van der Waals surface area contributed by atoms with Gasteiger partial charge in [0, 0.05) is 0 Å². The molecular weight excluding hydrogens is 228 g/mol. The molecule has 0 spiro atoms. The summed E-state index contributed by atoms with van der Waals surface area (Å²) in [6.07, 6.45) is 2.75. The third kappa shape index (κ3) is 2.50. The van der Waals surface area contributed by atoms with Gasteiger partial charge in [-0.25, -0.2) is 0 Å². The molecule has 1 aromatic carbocycles. The molecule has 2 rings (SSSR count). The fraction of sp³-hybridized carbons (Fsp3) is 0.533. The molecule has 0 amide bonds. The van der Waals surface area contributed by atoms with E-state index in [4.69, 9.17) is 4.74 Å². The summed E-state index contributed by atoms with van der Waals surface area (Å²) in [7, 11) is 0. The Balaban J connectivity index is 2.32. The summed E-state index contributed by atoms with van der Waals surface area (Å²) in [5.74, 6) is 0.134. The topological polar surface area (TPSA) is 46.5 Å². The smallest absolute Gasteiger partial charge is 0.309 e. The van der Waals surface area contributed by atoms with Crippen LogP contribution >= 0.6 is 0 Å². The van der Waals surface area contributed by atoms with E-state index in [1.54, 1.807) is 13.8 Å². The van der Waals surface area contributed by atoms with Crippen LogP contribution < -0.4 is 4.74 Å². The lowest BCUT2D eigenvalue weighted by molar-refractivity contribution is -0.146. The number of para-hydroxylation sites is 1. The Hall–Kier alpha value is -1.51. The van der Waals surface area contributed by atoms with Crippen molar-refractivity contribution in [2.75, 3.05) is 0 Å². The number of rotatable bonds is 3. The molecule has 1 aromatic rings.